The molecule has 0 radical (unpaired) electrons. The lowest BCUT2D eigenvalue weighted by atomic mass is 10.1. The van der Waals surface area contributed by atoms with E-state index >= 15 is 0 Å². The number of nitrogens with zero attached hydrogens (tertiary/aromatic N) is 1. The summed E-state index contributed by atoms with van der Waals surface area (Å²) in [7, 11) is 0. The number of hydrogen-bond acceptors (Lipinski definition) is 3. The van der Waals surface area contributed by atoms with Gasteiger partial charge >= 0.3 is 0 Å². The summed E-state index contributed by atoms with van der Waals surface area (Å²) in [6.45, 7) is 2.21. The molecule has 1 aromatic heterocycles. The topological polar surface area (TPSA) is 48.1 Å². The Balaban J connectivity index is 2.14. The predicted molar refractivity (Wildman–Crippen MR) is 67.6 cm³/mol. The van der Waals surface area contributed by atoms with Crippen LogP contribution in [0.1, 0.15) is 24.1 Å². The van der Waals surface area contributed by atoms with Crippen molar-refractivity contribution in [1.29, 1.82) is 0 Å². The zero-order valence-electron chi connectivity index (χ0n) is 10.1. The molecule has 1 atom stereocenters. The van der Waals surface area contributed by atoms with Crippen molar-refractivity contribution in [2.75, 3.05) is 0 Å². The third kappa shape index (κ3) is 3.05. The van der Waals surface area contributed by atoms with Crippen LogP contribution in [0.5, 0.6) is 5.75 Å². The summed E-state index contributed by atoms with van der Waals surface area (Å²) in [5.74, 6) is 0.307. The molecule has 0 aliphatic heterocycles. The molecule has 0 amide bonds. The van der Waals surface area contributed by atoms with Crippen molar-refractivity contribution in [3.8, 4) is 5.75 Å². The van der Waals surface area contributed by atoms with Gasteiger partial charge in [-0.15, -0.1) is 0 Å². The lowest BCUT2D eigenvalue weighted by Gasteiger charge is -2.14. The van der Waals surface area contributed by atoms with E-state index in [4.69, 9.17) is 10.5 Å². The number of pyridine rings is 1. The normalized spacial score (nSPS) is 12.2. The molecule has 0 saturated heterocycles. The number of ether oxygens (including phenoxy) is 1. The number of nitrogens with two attached hydrogens (primary N) is 1. The highest BCUT2D eigenvalue weighted by Crippen LogP contribution is 2.25. The van der Waals surface area contributed by atoms with Gasteiger partial charge in [-0.3, -0.25) is 4.98 Å². The molecule has 4 heteroatoms. The number of halogens is 1. The smallest absolute Gasteiger partial charge is 0.124 e. The zero-order valence-corrected chi connectivity index (χ0v) is 10.1. The van der Waals surface area contributed by atoms with Gasteiger partial charge in [0.15, 0.2) is 0 Å². The van der Waals surface area contributed by atoms with Crippen LogP contribution in [0.15, 0.2) is 42.7 Å². The van der Waals surface area contributed by atoms with Crippen LogP contribution in [0.4, 0.5) is 4.39 Å². The summed E-state index contributed by atoms with van der Waals surface area (Å²) in [6, 6.07) is 7.85. The minimum Gasteiger partial charge on any atom is -0.489 e. The standard InChI is InChI=1S/C14H15FN2O/c1-10(16)13-8-12(15)2-3-14(13)18-9-11-4-6-17-7-5-11/h2-8,10H,9,16H2,1H3. The summed E-state index contributed by atoms with van der Waals surface area (Å²) in [5, 5.41) is 0. The van der Waals surface area contributed by atoms with E-state index < -0.39 is 0 Å². The van der Waals surface area contributed by atoms with Gasteiger partial charge < -0.3 is 10.5 Å². The summed E-state index contributed by atoms with van der Waals surface area (Å²) in [6.07, 6.45) is 3.41. The Kier molecular flexibility index (Phi) is 3.89. The molecule has 0 spiro atoms. The van der Waals surface area contributed by atoms with Crippen LogP contribution >= 0.6 is 0 Å². The second kappa shape index (κ2) is 5.60. The second-order valence-electron chi connectivity index (χ2n) is 4.11. The van der Waals surface area contributed by atoms with E-state index in [9.17, 15) is 4.39 Å². The molecule has 0 aliphatic rings. The van der Waals surface area contributed by atoms with Crippen molar-refractivity contribution in [2.45, 2.75) is 19.6 Å². The van der Waals surface area contributed by atoms with E-state index in [1.165, 1.54) is 12.1 Å². The maximum atomic E-state index is 13.2. The summed E-state index contributed by atoms with van der Waals surface area (Å²) in [4.78, 5) is 3.93. The highest BCUT2D eigenvalue weighted by molar-refractivity contribution is 5.36. The average molecular weight is 246 g/mol. The molecule has 0 fully saturated rings. The third-order valence-corrected chi connectivity index (χ3v) is 2.61. The van der Waals surface area contributed by atoms with Crippen LogP contribution in [0.25, 0.3) is 0 Å². The number of hydrogen-bond donors (Lipinski definition) is 1. The molecule has 0 saturated carbocycles. The van der Waals surface area contributed by atoms with E-state index in [2.05, 4.69) is 4.98 Å². The lowest BCUT2D eigenvalue weighted by Crippen LogP contribution is -2.08. The van der Waals surface area contributed by atoms with Gasteiger partial charge in [0, 0.05) is 24.0 Å². The minimum absolute atomic E-state index is 0.270. The second-order valence-corrected chi connectivity index (χ2v) is 4.11. The van der Waals surface area contributed by atoms with Crippen LogP contribution in [0, 0.1) is 5.82 Å². The van der Waals surface area contributed by atoms with Gasteiger partial charge in [0.1, 0.15) is 18.2 Å². The van der Waals surface area contributed by atoms with Gasteiger partial charge in [0.25, 0.3) is 0 Å². The van der Waals surface area contributed by atoms with Gasteiger partial charge in [-0.25, -0.2) is 4.39 Å². The maximum absolute atomic E-state index is 13.2. The predicted octanol–water partition coefficient (Wildman–Crippen LogP) is 2.82. The first-order valence-corrected chi connectivity index (χ1v) is 5.73. The Morgan fingerprint density at radius 3 is 2.67 bits per heavy atom. The Morgan fingerprint density at radius 2 is 2.00 bits per heavy atom. The fourth-order valence-electron chi connectivity index (χ4n) is 1.65. The van der Waals surface area contributed by atoms with Crippen molar-refractivity contribution in [1.82, 2.24) is 4.98 Å². The lowest BCUT2D eigenvalue weighted by molar-refractivity contribution is 0.300. The van der Waals surface area contributed by atoms with E-state index in [0.717, 1.165) is 5.56 Å². The van der Waals surface area contributed by atoms with E-state index in [-0.39, 0.29) is 11.9 Å². The van der Waals surface area contributed by atoms with Crippen LogP contribution in [-0.4, -0.2) is 4.98 Å². The van der Waals surface area contributed by atoms with E-state index in [1.54, 1.807) is 25.4 Å². The van der Waals surface area contributed by atoms with Crippen LogP contribution in [-0.2, 0) is 6.61 Å². The Hall–Kier alpha value is -1.94. The highest BCUT2D eigenvalue weighted by atomic mass is 19.1. The average Bonchev–Trinajstić information content (AvgIpc) is 2.38. The fourth-order valence-corrected chi connectivity index (χ4v) is 1.65. The van der Waals surface area contributed by atoms with Crippen LogP contribution in [0.3, 0.4) is 0 Å². The first kappa shape index (κ1) is 12.5. The van der Waals surface area contributed by atoms with Crippen LogP contribution in [0.2, 0.25) is 0 Å². The van der Waals surface area contributed by atoms with Crippen molar-refractivity contribution in [3.63, 3.8) is 0 Å². The van der Waals surface area contributed by atoms with Gasteiger partial charge in [-0.2, -0.15) is 0 Å². The molecule has 0 aliphatic carbocycles. The van der Waals surface area contributed by atoms with Crippen molar-refractivity contribution >= 4 is 0 Å². The van der Waals surface area contributed by atoms with Crippen molar-refractivity contribution in [3.05, 3.63) is 59.7 Å². The largest absolute Gasteiger partial charge is 0.489 e. The Bertz CT molecular complexity index is 514. The van der Waals surface area contributed by atoms with Gasteiger partial charge in [-0.1, -0.05) is 0 Å². The molecule has 1 aromatic carbocycles. The molecular formula is C14H15FN2O. The van der Waals surface area contributed by atoms with Gasteiger partial charge in [-0.05, 0) is 42.8 Å². The zero-order chi connectivity index (χ0) is 13.0. The highest BCUT2D eigenvalue weighted by Gasteiger charge is 2.09. The maximum Gasteiger partial charge on any atom is 0.124 e. The van der Waals surface area contributed by atoms with E-state index in [1.807, 2.05) is 12.1 Å². The summed E-state index contributed by atoms with van der Waals surface area (Å²) in [5.41, 5.74) is 7.47. The molecule has 0 bridgehead atoms. The molecule has 1 heterocycles. The van der Waals surface area contributed by atoms with Crippen LogP contribution < -0.4 is 10.5 Å². The monoisotopic (exact) mass is 246 g/mol. The molecular weight excluding hydrogens is 231 g/mol. The summed E-state index contributed by atoms with van der Waals surface area (Å²) >= 11 is 0. The third-order valence-electron chi connectivity index (χ3n) is 2.61. The molecule has 1 unspecified atom stereocenters. The Morgan fingerprint density at radius 1 is 1.28 bits per heavy atom. The molecule has 2 aromatic rings. The summed E-state index contributed by atoms with van der Waals surface area (Å²) < 4.78 is 18.8. The van der Waals surface area contributed by atoms with Crippen molar-refractivity contribution < 1.29 is 9.13 Å². The number of benzene rings is 1. The SMILES string of the molecule is CC(N)c1cc(F)ccc1OCc1ccncc1. The molecule has 2 N–H and O–H groups in total. The van der Waals surface area contributed by atoms with Gasteiger partial charge in [0.05, 0.1) is 0 Å². The van der Waals surface area contributed by atoms with E-state index in [0.29, 0.717) is 17.9 Å². The first-order valence-electron chi connectivity index (χ1n) is 5.73. The Labute approximate surface area is 105 Å². The molecule has 2 rings (SSSR count). The minimum atomic E-state index is -0.307. The van der Waals surface area contributed by atoms with Gasteiger partial charge in [0.2, 0.25) is 0 Å². The molecule has 18 heavy (non-hydrogen) atoms. The number of aromatic nitrogens is 1. The first-order chi connectivity index (χ1) is 8.66. The fraction of sp³-hybridized carbons (Fsp3) is 0.214. The molecule has 3 nitrogen and oxygen atoms in total. The quantitative estimate of drug-likeness (QED) is 0.902. The molecule has 94 valence electrons. The number of rotatable bonds is 4. The van der Waals surface area contributed by atoms with Crippen molar-refractivity contribution in [2.24, 2.45) is 5.73 Å².